The van der Waals surface area contributed by atoms with Gasteiger partial charge < -0.3 is 5.11 Å². The van der Waals surface area contributed by atoms with Crippen molar-refractivity contribution >= 4 is 10.9 Å². The molecule has 5 nitrogen and oxygen atoms in total. The molecule has 0 fully saturated rings. The van der Waals surface area contributed by atoms with E-state index in [0.29, 0.717) is 5.69 Å². The molecule has 0 aliphatic rings. The summed E-state index contributed by atoms with van der Waals surface area (Å²) >= 11 is 0. The highest BCUT2D eigenvalue weighted by molar-refractivity contribution is 5.82. The zero-order valence-corrected chi connectivity index (χ0v) is 11.0. The van der Waals surface area contributed by atoms with Gasteiger partial charge in [-0.2, -0.15) is 10.2 Å². The fraction of sp³-hybridized carbons (Fsp3) is 0.286. The predicted octanol–water partition coefficient (Wildman–Crippen LogP) is 1.87. The van der Waals surface area contributed by atoms with Crippen molar-refractivity contribution in [1.29, 1.82) is 0 Å². The maximum atomic E-state index is 10.6. The number of aliphatic hydroxyl groups excluding tert-OH is 1. The lowest BCUT2D eigenvalue weighted by Gasteiger charge is -2.10. The molecule has 0 spiro atoms. The molecule has 0 radical (unpaired) electrons. The van der Waals surface area contributed by atoms with Crippen LogP contribution in [-0.2, 0) is 13.6 Å². The molecule has 1 aromatic carbocycles. The summed E-state index contributed by atoms with van der Waals surface area (Å²) in [4.78, 5) is 0. The molecule has 1 N–H and O–H groups in total. The Morgan fingerprint density at radius 1 is 1.26 bits per heavy atom. The van der Waals surface area contributed by atoms with Gasteiger partial charge in [0.1, 0.15) is 11.8 Å². The SMILES string of the molecule is CCn1nccc1C(O)c1nn(C)c2ccccc12. The van der Waals surface area contributed by atoms with E-state index < -0.39 is 6.10 Å². The molecule has 0 saturated carbocycles. The second kappa shape index (κ2) is 4.51. The molecule has 0 aliphatic heterocycles. The summed E-state index contributed by atoms with van der Waals surface area (Å²) in [7, 11) is 1.88. The van der Waals surface area contributed by atoms with E-state index in [4.69, 9.17) is 0 Å². The lowest BCUT2D eigenvalue weighted by Crippen LogP contribution is -2.10. The molecular formula is C14H16N4O. The largest absolute Gasteiger partial charge is 0.380 e. The van der Waals surface area contributed by atoms with Gasteiger partial charge in [0.05, 0.1) is 11.2 Å². The lowest BCUT2D eigenvalue weighted by atomic mass is 10.1. The number of nitrogens with zero attached hydrogens (tertiary/aromatic N) is 4. The van der Waals surface area contributed by atoms with Gasteiger partial charge in [-0.25, -0.2) is 0 Å². The number of aromatic nitrogens is 4. The Bertz CT molecular complexity index is 713. The van der Waals surface area contributed by atoms with Crippen molar-refractivity contribution in [3.63, 3.8) is 0 Å². The van der Waals surface area contributed by atoms with Crippen molar-refractivity contribution in [2.24, 2.45) is 7.05 Å². The molecule has 19 heavy (non-hydrogen) atoms. The minimum Gasteiger partial charge on any atom is -0.380 e. The summed E-state index contributed by atoms with van der Waals surface area (Å²) in [6.07, 6.45) is 0.946. The Morgan fingerprint density at radius 2 is 2.05 bits per heavy atom. The Balaban J connectivity index is 2.14. The Hall–Kier alpha value is -2.14. The Labute approximate surface area is 111 Å². The molecule has 1 atom stereocenters. The average molecular weight is 256 g/mol. The predicted molar refractivity (Wildman–Crippen MR) is 72.7 cm³/mol. The number of aliphatic hydroxyl groups is 1. The smallest absolute Gasteiger partial charge is 0.140 e. The highest BCUT2D eigenvalue weighted by Crippen LogP contribution is 2.27. The first-order chi connectivity index (χ1) is 9.22. The van der Waals surface area contributed by atoms with E-state index in [0.717, 1.165) is 23.1 Å². The summed E-state index contributed by atoms with van der Waals surface area (Å²) < 4.78 is 3.58. The number of fused-ring (bicyclic) bond motifs is 1. The Kier molecular flexibility index (Phi) is 2.83. The van der Waals surface area contributed by atoms with Crippen LogP contribution in [-0.4, -0.2) is 24.7 Å². The minimum atomic E-state index is -0.756. The topological polar surface area (TPSA) is 55.9 Å². The van der Waals surface area contributed by atoms with Crippen molar-refractivity contribution in [1.82, 2.24) is 19.6 Å². The normalized spacial score (nSPS) is 13.0. The van der Waals surface area contributed by atoms with Crippen molar-refractivity contribution in [3.05, 3.63) is 47.9 Å². The first kappa shape index (κ1) is 11.9. The van der Waals surface area contributed by atoms with Crippen molar-refractivity contribution in [2.45, 2.75) is 19.6 Å². The first-order valence-electron chi connectivity index (χ1n) is 6.33. The van der Waals surface area contributed by atoms with E-state index in [9.17, 15) is 5.11 Å². The van der Waals surface area contributed by atoms with Gasteiger partial charge in [0.15, 0.2) is 0 Å². The van der Waals surface area contributed by atoms with Gasteiger partial charge in [0.2, 0.25) is 0 Å². The van der Waals surface area contributed by atoms with Crippen LogP contribution in [0.1, 0.15) is 24.4 Å². The van der Waals surface area contributed by atoms with Crippen LogP contribution in [0.3, 0.4) is 0 Å². The van der Waals surface area contributed by atoms with Crippen LogP contribution in [0.4, 0.5) is 0 Å². The fourth-order valence-electron chi connectivity index (χ4n) is 2.42. The molecule has 3 aromatic rings. The van der Waals surface area contributed by atoms with Crippen LogP contribution in [0, 0.1) is 0 Å². The first-order valence-corrected chi connectivity index (χ1v) is 6.33. The molecule has 2 heterocycles. The fourth-order valence-corrected chi connectivity index (χ4v) is 2.42. The maximum absolute atomic E-state index is 10.6. The van der Waals surface area contributed by atoms with E-state index in [1.165, 1.54) is 0 Å². The average Bonchev–Trinajstić information content (AvgIpc) is 3.03. The molecule has 3 rings (SSSR count). The quantitative estimate of drug-likeness (QED) is 0.778. The molecule has 0 aliphatic carbocycles. The standard InChI is InChI=1S/C14H16N4O/c1-3-18-12(8-9-15-18)14(19)13-10-6-4-5-7-11(10)17(2)16-13/h4-9,14,19H,3H2,1-2H3. The number of para-hydroxylation sites is 1. The third-order valence-corrected chi connectivity index (χ3v) is 3.37. The van der Waals surface area contributed by atoms with Gasteiger partial charge in [-0.05, 0) is 19.1 Å². The molecular weight excluding hydrogens is 240 g/mol. The zero-order valence-electron chi connectivity index (χ0n) is 11.0. The highest BCUT2D eigenvalue weighted by Gasteiger charge is 2.21. The van der Waals surface area contributed by atoms with E-state index >= 15 is 0 Å². The molecule has 0 amide bonds. The number of aryl methyl sites for hydroxylation is 2. The summed E-state index contributed by atoms with van der Waals surface area (Å²) in [5.74, 6) is 0. The molecule has 1 unspecified atom stereocenters. The maximum Gasteiger partial charge on any atom is 0.140 e. The number of hydrogen-bond donors (Lipinski definition) is 1. The van der Waals surface area contributed by atoms with Gasteiger partial charge in [0, 0.05) is 25.2 Å². The molecule has 5 heteroatoms. The highest BCUT2D eigenvalue weighted by atomic mass is 16.3. The third kappa shape index (κ3) is 1.82. The third-order valence-electron chi connectivity index (χ3n) is 3.37. The van der Waals surface area contributed by atoms with Crippen LogP contribution >= 0.6 is 0 Å². The van der Waals surface area contributed by atoms with Crippen LogP contribution in [0.15, 0.2) is 36.5 Å². The van der Waals surface area contributed by atoms with Crippen LogP contribution in [0.2, 0.25) is 0 Å². The van der Waals surface area contributed by atoms with E-state index in [1.54, 1.807) is 15.6 Å². The summed E-state index contributed by atoms with van der Waals surface area (Å²) in [5, 5.41) is 20.2. The minimum absolute atomic E-state index is 0.674. The van der Waals surface area contributed by atoms with Crippen LogP contribution in [0.25, 0.3) is 10.9 Å². The summed E-state index contributed by atoms with van der Waals surface area (Å²) in [6, 6.07) is 9.73. The zero-order chi connectivity index (χ0) is 13.4. The molecule has 98 valence electrons. The molecule has 2 aromatic heterocycles. The van der Waals surface area contributed by atoms with Crippen LogP contribution < -0.4 is 0 Å². The Morgan fingerprint density at radius 3 is 2.84 bits per heavy atom. The van der Waals surface area contributed by atoms with Gasteiger partial charge in [-0.1, -0.05) is 18.2 Å². The van der Waals surface area contributed by atoms with E-state index in [-0.39, 0.29) is 0 Å². The number of hydrogen-bond acceptors (Lipinski definition) is 3. The van der Waals surface area contributed by atoms with Crippen molar-refractivity contribution < 1.29 is 5.11 Å². The van der Waals surface area contributed by atoms with E-state index in [1.807, 2.05) is 44.3 Å². The molecule has 0 bridgehead atoms. The second-order valence-corrected chi connectivity index (χ2v) is 4.50. The van der Waals surface area contributed by atoms with Gasteiger partial charge in [-0.15, -0.1) is 0 Å². The summed E-state index contributed by atoms with van der Waals surface area (Å²) in [5.41, 5.74) is 2.46. The van der Waals surface area contributed by atoms with Gasteiger partial charge in [0.25, 0.3) is 0 Å². The lowest BCUT2D eigenvalue weighted by molar-refractivity contribution is 0.203. The number of rotatable bonds is 3. The monoisotopic (exact) mass is 256 g/mol. The van der Waals surface area contributed by atoms with Crippen LogP contribution in [0.5, 0.6) is 0 Å². The van der Waals surface area contributed by atoms with E-state index in [2.05, 4.69) is 10.2 Å². The van der Waals surface area contributed by atoms with Crippen molar-refractivity contribution in [3.8, 4) is 0 Å². The molecule has 0 saturated heterocycles. The van der Waals surface area contributed by atoms with Crippen molar-refractivity contribution in [2.75, 3.05) is 0 Å². The van der Waals surface area contributed by atoms with Gasteiger partial charge >= 0.3 is 0 Å². The number of benzene rings is 1. The summed E-state index contributed by atoms with van der Waals surface area (Å²) in [6.45, 7) is 2.73. The second-order valence-electron chi connectivity index (χ2n) is 4.50. The van der Waals surface area contributed by atoms with Gasteiger partial charge in [-0.3, -0.25) is 9.36 Å².